The van der Waals surface area contributed by atoms with Crippen LogP contribution >= 0.6 is 0 Å². The van der Waals surface area contributed by atoms with Crippen LogP contribution in [0.3, 0.4) is 0 Å². The summed E-state index contributed by atoms with van der Waals surface area (Å²) in [6.07, 6.45) is 0. The minimum absolute atomic E-state index is 0.916. The average Bonchev–Trinajstić information content (AvgIpc) is 2.90. The second-order valence-electron chi connectivity index (χ2n) is 5.47. The molecule has 3 aromatic carbocycles. The van der Waals surface area contributed by atoms with Gasteiger partial charge in [-0.3, -0.25) is 0 Å². The molecule has 0 aliphatic heterocycles. The molecule has 0 aliphatic carbocycles. The van der Waals surface area contributed by atoms with Gasteiger partial charge >= 0.3 is 0 Å². The van der Waals surface area contributed by atoms with Crippen LogP contribution in [0.25, 0.3) is 27.5 Å². The Morgan fingerprint density at radius 2 is 1.32 bits per heavy atom. The van der Waals surface area contributed by atoms with Gasteiger partial charge in [-0.05, 0) is 31.2 Å². The van der Waals surface area contributed by atoms with Crippen molar-refractivity contribution in [3.8, 4) is 11.4 Å². The van der Waals surface area contributed by atoms with E-state index in [9.17, 15) is 0 Å². The Hall–Kier alpha value is -2.74. The highest BCUT2D eigenvalue weighted by atomic mass is 16.5. The minimum atomic E-state index is 0.916. The van der Waals surface area contributed by atoms with Crippen LogP contribution in [-0.2, 0) is 0 Å². The topological polar surface area (TPSA) is 14.2 Å². The standard InChI is InChI=1S/C20H17NO/c1-14-17(12-7-13-20(14)22-2)21-18-10-5-3-8-15(18)16-9-4-6-11-19(16)21/h3-13H,1-2H3. The molecular weight excluding hydrogens is 270 g/mol. The van der Waals surface area contributed by atoms with Gasteiger partial charge in [0.1, 0.15) is 5.75 Å². The third-order valence-electron chi connectivity index (χ3n) is 4.30. The molecule has 0 fully saturated rings. The number of methoxy groups -OCH3 is 1. The zero-order chi connectivity index (χ0) is 15.1. The van der Waals surface area contributed by atoms with Crippen LogP contribution < -0.4 is 4.74 Å². The van der Waals surface area contributed by atoms with Crippen molar-refractivity contribution in [2.45, 2.75) is 6.92 Å². The highest BCUT2D eigenvalue weighted by molar-refractivity contribution is 6.09. The summed E-state index contributed by atoms with van der Waals surface area (Å²) in [4.78, 5) is 0. The Kier molecular flexibility index (Phi) is 2.90. The summed E-state index contributed by atoms with van der Waals surface area (Å²) in [7, 11) is 1.72. The van der Waals surface area contributed by atoms with E-state index in [1.165, 1.54) is 21.8 Å². The third-order valence-corrected chi connectivity index (χ3v) is 4.30. The molecule has 0 aliphatic rings. The summed E-state index contributed by atoms with van der Waals surface area (Å²) in [5.41, 5.74) is 4.76. The fourth-order valence-electron chi connectivity index (χ4n) is 3.25. The maximum absolute atomic E-state index is 5.49. The molecule has 0 N–H and O–H groups in total. The summed E-state index contributed by atoms with van der Waals surface area (Å²) in [6, 6.07) is 23.3. The Labute approximate surface area is 129 Å². The Morgan fingerprint density at radius 3 is 1.91 bits per heavy atom. The molecule has 2 nitrogen and oxygen atoms in total. The summed E-state index contributed by atoms with van der Waals surface area (Å²) in [5, 5.41) is 2.56. The highest BCUT2D eigenvalue weighted by Gasteiger charge is 2.14. The number of rotatable bonds is 2. The first-order chi connectivity index (χ1) is 10.8. The van der Waals surface area contributed by atoms with Gasteiger partial charge in [0.2, 0.25) is 0 Å². The minimum Gasteiger partial charge on any atom is -0.496 e. The number of aromatic nitrogens is 1. The van der Waals surface area contributed by atoms with E-state index in [1.54, 1.807) is 7.11 Å². The van der Waals surface area contributed by atoms with Crippen molar-refractivity contribution in [3.05, 3.63) is 72.3 Å². The van der Waals surface area contributed by atoms with E-state index in [0.717, 1.165) is 17.0 Å². The van der Waals surface area contributed by atoms with E-state index in [4.69, 9.17) is 4.74 Å². The van der Waals surface area contributed by atoms with Gasteiger partial charge in [-0.25, -0.2) is 0 Å². The van der Waals surface area contributed by atoms with Gasteiger partial charge < -0.3 is 9.30 Å². The Bertz CT molecular complexity index is 928. The second-order valence-corrected chi connectivity index (χ2v) is 5.47. The summed E-state index contributed by atoms with van der Waals surface area (Å²) < 4.78 is 7.82. The fourth-order valence-corrected chi connectivity index (χ4v) is 3.25. The van der Waals surface area contributed by atoms with Crippen LogP contribution in [0.2, 0.25) is 0 Å². The number of nitrogens with zero attached hydrogens (tertiary/aromatic N) is 1. The molecule has 0 bridgehead atoms. The van der Waals surface area contributed by atoms with E-state index in [2.05, 4.69) is 66.1 Å². The predicted molar refractivity (Wildman–Crippen MR) is 92.1 cm³/mol. The van der Waals surface area contributed by atoms with E-state index in [1.807, 2.05) is 12.1 Å². The highest BCUT2D eigenvalue weighted by Crippen LogP contribution is 2.34. The molecule has 1 aromatic heterocycles. The zero-order valence-corrected chi connectivity index (χ0v) is 12.7. The lowest BCUT2D eigenvalue weighted by Crippen LogP contribution is -1.98. The molecule has 2 heteroatoms. The molecule has 0 saturated heterocycles. The van der Waals surface area contributed by atoms with Gasteiger partial charge in [0.15, 0.2) is 0 Å². The van der Waals surface area contributed by atoms with Crippen molar-refractivity contribution in [1.82, 2.24) is 4.57 Å². The third kappa shape index (κ3) is 1.74. The van der Waals surface area contributed by atoms with Crippen molar-refractivity contribution in [3.63, 3.8) is 0 Å². The van der Waals surface area contributed by atoms with Crippen LogP contribution in [-0.4, -0.2) is 11.7 Å². The van der Waals surface area contributed by atoms with E-state index in [0.29, 0.717) is 0 Å². The van der Waals surface area contributed by atoms with Crippen LogP contribution in [0.1, 0.15) is 5.56 Å². The molecule has 0 spiro atoms. The van der Waals surface area contributed by atoms with Gasteiger partial charge in [-0.1, -0.05) is 42.5 Å². The fraction of sp³-hybridized carbons (Fsp3) is 0.100. The largest absolute Gasteiger partial charge is 0.496 e. The van der Waals surface area contributed by atoms with Gasteiger partial charge in [0.05, 0.1) is 23.8 Å². The van der Waals surface area contributed by atoms with E-state index in [-0.39, 0.29) is 0 Å². The molecule has 1 heterocycles. The number of fused-ring (bicyclic) bond motifs is 3. The van der Waals surface area contributed by atoms with Gasteiger partial charge in [-0.2, -0.15) is 0 Å². The lowest BCUT2D eigenvalue weighted by atomic mass is 10.1. The molecule has 0 amide bonds. The number of hydrogen-bond acceptors (Lipinski definition) is 1. The van der Waals surface area contributed by atoms with Crippen molar-refractivity contribution in [2.24, 2.45) is 0 Å². The second kappa shape index (κ2) is 4.92. The summed E-state index contributed by atoms with van der Waals surface area (Å²) in [5.74, 6) is 0.916. The first-order valence-electron chi connectivity index (χ1n) is 7.43. The number of ether oxygens (including phenoxy) is 1. The molecule has 0 atom stereocenters. The molecule has 108 valence electrons. The van der Waals surface area contributed by atoms with Crippen molar-refractivity contribution >= 4 is 21.8 Å². The summed E-state index contributed by atoms with van der Waals surface area (Å²) in [6.45, 7) is 2.11. The molecule has 4 aromatic rings. The zero-order valence-electron chi connectivity index (χ0n) is 12.7. The predicted octanol–water partition coefficient (Wildman–Crippen LogP) is 5.10. The SMILES string of the molecule is COc1cccc(-n2c3ccccc3c3ccccc32)c1C. The molecule has 4 rings (SSSR count). The van der Waals surface area contributed by atoms with Crippen molar-refractivity contribution in [2.75, 3.05) is 7.11 Å². The molecule has 22 heavy (non-hydrogen) atoms. The van der Waals surface area contributed by atoms with E-state index >= 15 is 0 Å². The molecule has 0 saturated carbocycles. The molecular formula is C20H17NO. The number of para-hydroxylation sites is 2. The van der Waals surface area contributed by atoms with Crippen LogP contribution in [0.5, 0.6) is 5.75 Å². The van der Waals surface area contributed by atoms with Crippen LogP contribution in [0.4, 0.5) is 0 Å². The lowest BCUT2D eigenvalue weighted by molar-refractivity contribution is 0.411. The van der Waals surface area contributed by atoms with Gasteiger partial charge in [0.25, 0.3) is 0 Å². The van der Waals surface area contributed by atoms with Gasteiger partial charge in [-0.15, -0.1) is 0 Å². The molecule has 0 radical (unpaired) electrons. The number of hydrogen-bond donors (Lipinski definition) is 0. The van der Waals surface area contributed by atoms with Crippen molar-refractivity contribution < 1.29 is 4.74 Å². The smallest absolute Gasteiger partial charge is 0.123 e. The van der Waals surface area contributed by atoms with Crippen LogP contribution in [0.15, 0.2) is 66.7 Å². The normalized spacial score (nSPS) is 11.2. The quantitative estimate of drug-likeness (QED) is 0.500. The Balaban J connectivity index is 2.18. The molecule has 0 unspecified atom stereocenters. The monoisotopic (exact) mass is 287 g/mol. The number of benzene rings is 3. The van der Waals surface area contributed by atoms with E-state index < -0.39 is 0 Å². The van der Waals surface area contributed by atoms with Crippen molar-refractivity contribution in [1.29, 1.82) is 0 Å². The maximum atomic E-state index is 5.49. The van der Waals surface area contributed by atoms with Crippen LogP contribution in [0, 0.1) is 6.92 Å². The first kappa shape index (κ1) is 13.0. The average molecular weight is 287 g/mol. The van der Waals surface area contributed by atoms with Gasteiger partial charge in [0, 0.05) is 16.3 Å². The Morgan fingerprint density at radius 1 is 0.727 bits per heavy atom. The summed E-state index contributed by atoms with van der Waals surface area (Å²) >= 11 is 0. The first-order valence-corrected chi connectivity index (χ1v) is 7.43. The lowest BCUT2D eigenvalue weighted by Gasteiger charge is -2.13. The maximum Gasteiger partial charge on any atom is 0.123 e.